The Hall–Kier alpha value is -1.22. The van der Waals surface area contributed by atoms with Crippen molar-refractivity contribution in [1.82, 2.24) is 5.32 Å². The Morgan fingerprint density at radius 1 is 1.15 bits per heavy atom. The normalized spacial score (nSPS) is 17.2. The summed E-state index contributed by atoms with van der Waals surface area (Å²) in [5, 5.41) is 3.67. The fourth-order valence-electron chi connectivity index (χ4n) is 3.37. The van der Waals surface area contributed by atoms with E-state index in [1.54, 1.807) is 14.2 Å². The number of aryl methyl sites for hydroxylation is 1. The van der Waals surface area contributed by atoms with Crippen LogP contribution in [0.2, 0.25) is 0 Å². The molecule has 0 aromatic heterocycles. The minimum Gasteiger partial charge on any atom is -0.493 e. The third kappa shape index (κ3) is 3.09. The van der Waals surface area contributed by atoms with Gasteiger partial charge in [0.1, 0.15) is 0 Å². The lowest BCUT2D eigenvalue weighted by atomic mass is 9.88. The third-order valence-corrected chi connectivity index (χ3v) is 4.40. The lowest BCUT2D eigenvalue weighted by Gasteiger charge is -2.27. The Morgan fingerprint density at radius 3 is 2.30 bits per heavy atom. The molecular formula is C17H27NO2. The van der Waals surface area contributed by atoms with E-state index in [9.17, 15) is 0 Å². The first-order valence-electron chi connectivity index (χ1n) is 7.67. The van der Waals surface area contributed by atoms with E-state index in [2.05, 4.69) is 31.3 Å². The molecule has 0 saturated heterocycles. The first-order chi connectivity index (χ1) is 9.71. The maximum absolute atomic E-state index is 5.47. The summed E-state index contributed by atoms with van der Waals surface area (Å²) in [7, 11) is 3.39. The van der Waals surface area contributed by atoms with Gasteiger partial charge in [-0.2, -0.15) is 0 Å². The van der Waals surface area contributed by atoms with Crippen LogP contribution in [0.3, 0.4) is 0 Å². The van der Waals surface area contributed by atoms with Gasteiger partial charge < -0.3 is 14.8 Å². The van der Waals surface area contributed by atoms with Crippen molar-refractivity contribution >= 4 is 0 Å². The number of hydrogen-bond acceptors (Lipinski definition) is 3. The van der Waals surface area contributed by atoms with Gasteiger partial charge >= 0.3 is 0 Å². The Bertz CT molecular complexity index is 439. The Labute approximate surface area is 122 Å². The minimum absolute atomic E-state index is 0.433. The zero-order chi connectivity index (χ0) is 14.5. The van der Waals surface area contributed by atoms with Crippen molar-refractivity contribution in [2.24, 2.45) is 5.92 Å². The number of hydrogen-bond donors (Lipinski definition) is 1. The van der Waals surface area contributed by atoms with Gasteiger partial charge in [0.05, 0.1) is 14.2 Å². The molecular weight excluding hydrogens is 250 g/mol. The van der Waals surface area contributed by atoms with Gasteiger partial charge in [-0.1, -0.05) is 19.8 Å². The molecule has 0 heterocycles. The molecule has 1 atom stereocenters. The maximum Gasteiger partial charge on any atom is 0.161 e. The second-order valence-corrected chi connectivity index (χ2v) is 5.64. The molecule has 1 aromatic carbocycles. The van der Waals surface area contributed by atoms with Crippen molar-refractivity contribution in [3.63, 3.8) is 0 Å². The molecule has 2 rings (SSSR count). The zero-order valence-corrected chi connectivity index (χ0v) is 13.2. The predicted molar refractivity (Wildman–Crippen MR) is 82.7 cm³/mol. The van der Waals surface area contributed by atoms with Crippen LogP contribution in [-0.2, 0) is 0 Å². The smallest absolute Gasteiger partial charge is 0.161 e. The molecule has 1 aliphatic rings. The summed E-state index contributed by atoms with van der Waals surface area (Å²) in [5.74, 6) is 2.39. The molecule has 1 saturated carbocycles. The van der Waals surface area contributed by atoms with Crippen molar-refractivity contribution in [3.05, 3.63) is 23.3 Å². The Kier molecular flexibility index (Phi) is 5.30. The predicted octanol–water partition coefficient (Wildman–Crippen LogP) is 3.85. The van der Waals surface area contributed by atoms with Crippen molar-refractivity contribution in [2.75, 3.05) is 20.8 Å². The summed E-state index contributed by atoms with van der Waals surface area (Å²) < 4.78 is 10.9. The Morgan fingerprint density at radius 2 is 1.75 bits per heavy atom. The molecule has 1 aliphatic carbocycles. The number of benzene rings is 1. The third-order valence-electron chi connectivity index (χ3n) is 4.40. The van der Waals surface area contributed by atoms with Gasteiger partial charge in [-0.25, -0.2) is 0 Å². The number of rotatable bonds is 6. The monoisotopic (exact) mass is 277 g/mol. The molecule has 3 heteroatoms. The summed E-state index contributed by atoms with van der Waals surface area (Å²) >= 11 is 0. The van der Waals surface area contributed by atoms with Crippen LogP contribution < -0.4 is 14.8 Å². The van der Waals surface area contributed by atoms with E-state index in [0.717, 1.165) is 24.0 Å². The lowest BCUT2D eigenvalue weighted by Crippen LogP contribution is -2.27. The van der Waals surface area contributed by atoms with E-state index in [4.69, 9.17) is 9.47 Å². The van der Waals surface area contributed by atoms with E-state index in [1.165, 1.54) is 36.8 Å². The van der Waals surface area contributed by atoms with Crippen LogP contribution in [0.25, 0.3) is 0 Å². The number of ether oxygens (including phenoxy) is 2. The van der Waals surface area contributed by atoms with E-state index >= 15 is 0 Å². The molecule has 1 aromatic rings. The summed E-state index contributed by atoms with van der Waals surface area (Å²) in [4.78, 5) is 0. The summed E-state index contributed by atoms with van der Waals surface area (Å²) in [5.41, 5.74) is 2.64. The summed E-state index contributed by atoms with van der Waals surface area (Å²) in [6.07, 6.45) is 5.37. The zero-order valence-electron chi connectivity index (χ0n) is 13.2. The van der Waals surface area contributed by atoms with Crippen LogP contribution in [0.1, 0.15) is 49.8 Å². The fraction of sp³-hybridized carbons (Fsp3) is 0.647. The largest absolute Gasteiger partial charge is 0.493 e. The molecule has 3 nitrogen and oxygen atoms in total. The molecule has 0 amide bonds. The van der Waals surface area contributed by atoms with E-state index < -0.39 is 0 Å². The molecule has 112 valence electrons. The highest BCUT2D eigenvalue weighted by Crippen LogP contribution is 2.40. The van der Waals surface area contributed by atoms with Crippen LogP contribution in [0, 0.1) is 12.8 Å². The van der Waals surface area contributed by atoms with E-state index in [0.29, 0.717) is 6.04 Å². The lowest BCUT2D eigenvalue weighted by molar-refractivity contribution is 0.347. The second kappa shape index (κ2) is 6.98. The molecule has 20 heavy (non-hydrogen) atoms. The minimum atomic E-state index is 0.433. The van der Waals surface area contributed by atoms with Crippen LogP contribution in [0.5, 0.6) is 11.5 Å². The van der Waals surface area contributed by atoms with Gasteiger partial charge in [-0.15, -0.1) is 0 Å². The van der Waals surface area contributed by atoms with E-state index in [-0.39, 0.29) is 0 Å². The van der Waals surface area contributed by atoms with Crippen LogP contribution in [0.4, 0.5) is 0 Å². The van der Waals surface area contributed by atoms with Gasteiger partial charge in [-0.05, 0) is 55.5 Å². The van der Waals surface area contributed by atoms with Gasteiger partial charge in [0.15, 0.2) is 11.5 Å². The molecule has 1 fully saturated rings. The van der Waals surface area contributed by atoms with Crippen molar-refractivity contribution in [1.29, 1.82) is 0 Å². The van der Waals surface area contributed by atoms with Gasteiger partial charge in [0.2, 0.25) is 0 Å². The highest BCUT2D eigenvalue weighted by Gasteiger charge is 2.27. The highest BCUT2D eigenvalue weighted by atomic mass is 16.5. The van der Waals surface area contributed by atoms with Gasteiger partial charge in [-0.3, -0.25) is 0 Å². The standard InChI is InChI=1S/C17H27NO2/c1-5-18-17(13-8-6-7-9-13)14-11-16(20-4)15(19-3)10-12(14)2/h10-11,13,17-18H,5-9H2,1-4H3. The number of nitrogens with one attached hydrogen (secondary N) is 1. The van der Waals surface area contributed by atoms with Gasteiger partial charge in [0, 0.05) is 6.04 Å². The van der Waals surface area contributed by atoms with Crippen LogP contribution in [-0.4, -0.2) is 20.8 Å². The number of methoxy groups -OCH3 is 2. The molecule has 0 radical (unpaired) electrons. The van der Waals surface area contributed by atoms with E-state index in [1.807, 2.05) is 0 Å². The second-order valence-electron chi connectivity index (χ2n) is 5.64. The average molecular weight is 277 g/mol. The first-order valence-corrected chi connectivity index (χ1v) is 7.67. The molecule has 0 aliphatic heterocycles. The molecule has 0 spiro atoms. The quantitative estimate of drug-likeness (QED) is 0.856. The molecule has 1 N–H and O–H groups in total. The van der Waals surface area contributed by atoms with Gasteiger partial charge in [0.25, 0.3) is 0 Å². The van der Waals surface area contributed by atoms with Crippen molar-refractivity contribution in [2.45, 2.75) is 45.6 Å². The van der Waals surface area contributed by atoms with Crippen molar-refractivity contribution in [3.8, 4) is 11.5 Å². The van der Waals surface area contributed by atoms with Crippen molar-refractivity contribution < 1.29 is 9.47 Å². The SMILES string of the molecule is CCNC(c1cc(OC)c(OC)cc1C)C1CCCC1. The molecule has 0 bridgehead atoms. The maximum atomic E-state index is 5.47. The molecule has 1 unspecified atom stereocenters. The topological polar surface area (TPSA) is 30.5 Å². The van der Waals surface area contributed by atoms with Crippen LogP contribution in [0.15, 0.2) is 12.1 Å². The fourth-order valence-corrected chi connectivity index (χ4v) is 3.37. The highest BCUT2D eigenvalue weighted by molar-refractivity contribution is 5.48. The first kappa shape index (κ1) is 15.2. The average Bonchev–Trinajstić information content (AvgIpc) is 2.98. The summed E-state index contributed by atoms with van der Waals surface area (Å²) in [6, 6.07) is 4.68. The summed E-state index contributed by atoms with van der Waals surface area (Å²) in [6.45, 7) is 5.34. The van der Waals surface area contributed by atoms with Crippen LogP contribution >= 0.6 is 0 Å². The Balaban J connectivity index is 2.36.